The molecule has 0 radical (unpaired) electrons. The Bertz CT molecular complexity index is 244. The first kappa shape index (κ1) is 17.9. The van der Waals surface area contributed by atoms with Crippen molar-refractivity contribution in [2.45, 2.75) is 77.4 Å². The molecular weight excluding hydrogens is 246 g/mol. The maximum Gasteiger partial charge on any atom is 0.0244 e. The molecule has 3 heteroatoms. The van der Waals surface area contributed by atoms with E-state index >= 15 is 0 Å². The molecule has 1 rings (SSSR count). The molecule has 0 bridgehead atoms. The van der Waals surface area contributed by atoms with Crippen LogP contribution in [0.4, 0.5) is 0 Å². The van der Waals surface area contributed by atoms with Crippen LogP contribution in [-0.2, 0) is 0 Å². The summed E-state index contributed by atoms with van der Waals surface area (Å²) in [4.78, 5) is 5.16. The van der Waals surface area contributed by atoms with Gasteiger partial charge in [0.05, 0.1) is 0 Å². The maximum atomic E-state index is 3.78. The summed E-state index contributed by atoms with van der Waals surface area (Å²) in [5.41, 5.74) is 0. The van der Waals surface area contributed by atoms with E-state index in [1.54, 1.807) is 0 Å². The van der Waals surface area contributed by atoms with E-state index in [0.717, 1.165) is 12.6 Å². The third-order valence-corrected chi connectivity index (χ3v) is 4.88. The Kier molecular flexibility index (Phi) is 8.74. The van der Waals surface area contributed by atoms with Gasteiger partial charge in [0.1, 0.15) is 0 Å². The zero-order valence-electron chi connectivity index (χ0n) is 14.5. The monoisotopic (exact) mass is 283 g/mol. The van der Waals surface area contributed by atoms with Gasteiger partial charge in [0.2, 0.25) is 0 Å². The summed E-state index contributed by atoms with van der Waals surface area (Å²) in [6.45, 7) is 10.6. The van der Waals surface area contributed by atoms with Gasteiger partial charge in [-0.2, -0.15) is 0 Å². The highest BCUT2D eigenvalue weighted by molar-refractivity contribution is 4.86. The first-order valence-electron chi connectivity index (χ1n) is 8.77. The van der Waals surface area contributed by atoms with Crippen LogP contribution in [0, 0.1) is 0 Å². The van der Waals surface area contributed by atoms with Crippen LogP contribution in [0.5, 0.6) is 0 Å². The second-order valence-corrected chi connectivity index (χ2v) is 6.54. The minimum absolute atomic E-state index is 0.654. The molecule has 20 heavy (non-hydrogen) atoms. The molecular formula is C17H37N3. The second kappa shape index (κ2) is 9.75. The number of likely N-dealkylation sites (tertiary alicyclic amines) is 1. The van der Waals surface area contributed by atoms with Crippen LogP contribution in [0.25, 0.3) is 0 Å². The summed E-state index contributed by atoms with van der Waals surface area (Å²) in [6.07, 6.45) is 7.79. The third kappa shape index (κ3) is 5.34. The summed E-state index contributed by atoms with van der Waals surface area (Å²) < 4.78 is 0. The zero-order chi connectivity index (χ0) is 15.0. The van der Waals surface area contributed by atoms with Crippen molar-refractivity contribution >= 4 is 0 Å². The van der Waals surface area contributed by atoms with E-state index < -0.39 is 0 Å². The van der Waals surface area contributed by atoms with Gasteiger partial charge < -0.3 is 15.1 Å². The summed E-state index contributed by atoms with van der Waals surface area (Å²) in [7, 11) is 4.61. The number of nitrogens with one attached hydrogen (secondary N) is 1. The maximum absolute atomic E-state index is 3.78. The smallest absolute Gasteiger partial charge is 0.0244 e. The van der Waals surface area contributed by atoms with Crippen molar-refractivity contribution in [3.8, 4) is 0 Å². The minimum atomic E-state index is 0.654. The van der Waals surface area contributed by atoms with Gasteiger partial charge >= 0.3 is 0 Å². The molecule has 3 nitrogen and oxygen atoms in total. The van der Waals surface area contributed by atoms with E-state index in [2.05, 4.69) is 50.0 Å². The quantitative estimate of drug-likeness (QED) is 0.665. The molecule has 0 aromatic rings. The Morgan fingerprint density at radius 1 is 1.25 bits per heavy atom. The van der Waals surface area contributed by atoms with Crippen molar-refractivity contribution in [3.05, 3.63) is 0 Å². The van der Waals surface area contributed by atoms with Crippen LogP contribution in [0.1, 0.15) is 59.3 Å². The average molecular weight is 284 g/mol. The SMILES string of the molecule is CCCNC(CCC)C(CC)N(C)CC1CCCN1C. The molecule has 1 saturated heterocycles. The Morgan fingerprint density at radius 3 is 2.50 bits per heavy atom. The second-order valence-electron chi connectivity index (χ2n) is 6.54. The van der Waals surface area contributed by atoms with Gasteiger partial charge in [-0.15, -0.1) is 0 Å². The molecule has 3 unspecified atom stereocenters. The van der Waals surface area contributed by atoms with E-state index in [9.17, 15) is 0 Å². The molecule has 0 aliphatic carbocycles. The van der Waals surface area contributed by atoms with Crippen molar-refractivity contribution in [3.63, 3.8) is 0 Å². The van der Waals surface area contributed by atoms with Crippen LogP contribution in [0.3, 0.4) is 0 Å². The number of rotatable bonds is 10. The lowest BCUT2D eigenvalue weighted by Gasteiger charge is -2.37. The highest BCUT2D eigenvalue weighted by Crippen LogP contribution is 2.19. The van der Waals surface area contributed by atoms with E-state index in [4.69, 9.17) is 0 Å². The van der Waals surface area contributed by atoms with Crippen LogP contribution in [0.15, 0.2) is 0 Å². The highest BCUT2D eigenvalue weighted by Gasteiger charge is 2.27. The Morgan fingerprint density at radius 2 is 2.00 bits per heavy atom. The predicted molar refractivity (Wildman–Crippen MR) is 89.4 cm³/mol. The largest absolute Gasteiger partial charge is 0.312 e. The highest BCUT2D eigenvalue weighted by atomic mass is 15.2. The zero-order valence-corrected chi connectivity index (χ0v) is 14.5. The summed E-state index contributed by atoms with van der Waals surface area (Å²) in [5, 5.41) is 3.78. The summed E-state index contributed by atoms with van der Waals surface area (Å²) in [6, 6.07) is 2.10. The number of hydrogen-bond donors (Lipinski definition) is 1. The van der Waals surface area contributed by atoms with E-state index in [0.29, 0.717) is 12.1 Å². The van der Waals surface area contributed by atoms with Crippen molar-refractivity contribution in [2.24, 2.45) is 0 Å². The van der Waals surface area contributed by atoms with Gasteiger partial charge in [-0.25, -0.2) is 0 Å². The molecule has 1 heterocycles. The molecule has 0 amide bonds. The number of hydrogen-bond acceptors (Lipinski definition) is 3. The fourth-order valence-electron chi connectivity index (χ4n) is 3.65. The lowest BCUT2D eigenvalue weighted by Crippen LogP contribution is -2.51. The molecule has 1 N–H and O–H groups in total. The summed E-state index contributed by atoms with van der Waals surface area (Å²) >= 11 is 0. The van der Waals surface area contributed by atoms with Crippen molar-refractivity contribution in [2.75, 3.05) is 33.7 Å². The molecule has 0 aromatic heterocycles. The van der Waals surface area contributed by atoms with Crippen molar-refractivity contribution in [1.82, 2.24) is 15.1 Å². The van der Waals surface area contributed by atoms with Gasteiger partial charge in [-0.05, 0) is 59.3 Å². The molecule has 1 fully saturated rings. The van der Waals surface area contributed by atoms with Gasteiger partial charge in [-0.3, -0.25) is 0 Å². The molecule has 120 valence electrons. The van der Waals surface area contributed by atoms with Crippen LogP contribution in [-0.4, -0.2) is 61.7 Å². The fraction of sp³-hybridized carbons (Fsp3) is 1.00. The molecule has 0 spiro atoms. The molecule has 0 saturated carbocycles. The Hall–Kier alpha value is -0.120. The van der Waals surface area contributed by atoms with Gasteiger partial charge in [-0.1, -0.05) is 27.2 Å². The summed E-state index contributed by atoms with van der Waals surface area (Å²) in [5.74, 6) is 0. The van der Waals surface area contributed by atoms with Crippen molar-refractivity contribution in [1.29, 1.82) is 0 Å². The predicted octanol–water partition coefficient (Wildman–Crippen LogP) is 2.96. The van der Waals surface area contributed by atoms with Crippen LogP contribution >= 0.6 is 0 Å². The van der Waals surface area contributed by atoms with E-state index in [1.807, 2.05) is 0 Å². The normalized spacial score (nSPS) is 23.4. The lowest BCUT2D eigenvalue weighted by atomic mass is 9.98. The standard InChI is InChI=1S/C17H37N3/c1-6-10-16(18-12-7-2)17(8-3)20(5)14-15-11-9-13-19(15)4/h15-18H,6-14H2,1-5H3. The third-order valence-electron chi connectivity index (χ3n) is 4.88. The number of nitrogens with zero attached hydrogens (tertiary/aromatic N) is 2. The van der Waals surface area contributed by atoms with Gasteiger partial charge in [0.15, 0.2) is 0 Å². The van der Waals surface area contributed by atoms with Crippen LogP contribution < -0.4 is 5.32 Å². The van der Waals surface area contributed by atoms with Crippen LogP contribution in [0.2, 0.25) is 0 Å². The lowest BCUT2D eigenvalue weighted by molar-refractivity contribution is 0.140. The average Bonchev–Trinajstić information content (AvgIpc) is 2.82. The van der Waals surface area contributed by atoms with Gasteiger partial charge in [0, 0.05) is 24.7 Å². The minimum Gasteiger partial charge on any atom is -0.312 e. The first-order chi connectivity index (χ1) is 9.63. The topological polar surface area (TPSA) is 18.5 Å². The van der Waals surface area contributed by atoms with Gasteiger partial charge in [0.25, 0.3) is 0 Å². The molecule has 3 atom stereocenters. The first-order valence-corrected chi connectivity index (χ1v) is 8.77. The Balaban J connectivity index is 2.55. The Labute approximate surface area is 127 Å². The molecule has 1 aliphatic heterocycles. The van der Waals surface area contributed by atoms with Crippen molar-refractivity contribution < 1.29 is 0 Å². The number of likely N-dealkylation sites (N-methyl/N-ethyl adjacent to an activating group) is 2. The fourth-order valence-corrected chi connectivity index (χ4v) is 3.65. The molecule has 1 aliphatic rings. The van der Waals surface area contributed by atoms with E-state index in [1.165, 1.54) is 51.6 Å². The molecule has 0 aromatic carbocycles. The van der Waals surface area contributed by atoms with E-state index in [-0.39, 0.29) is 0 Å².